The van der Waals surface area contributed by atoms with Gasteiger partial charge in [-0.15, -0.1) is 0 Å². The average Bonchev–Trinajstić information content (AvgIpc) is 2.38. The molecule has 86 valence electrons. The van der Waals surface area contributed by atoms with Gasteiger partial charge in [0, 0.05) is 0 Å². The molecule has 1 N–H and O–H groups in total. The van der Waals surface area contributed by atoms with Crippen LogP contribution >= 0.6 is 0 Å². The standard InChI is InChI=1S/C14H14N2O/c1-2-11-5-3-4-6-14(11)16-15-12-7-9-13(17)10-8-12/h3-10,17H,2H2,1H3. The minimum atomic E-state index is 0.234. The van der Waals surface area contributed by atoms with E-state index in [2.05, 4.69) is 17.2 Å². The summed E-state index contributed by atoms with van der Waals surface area (Å²) in [5, 5.41) is 17.5. The lowest BCUT2D eigenvalue weighted by Gasteiger charge is -2.00. The van der Waals surface area contributed by atoms with Crippen molar-refractivity contribution in [2.24, 2.45) is 10.2 Å². The van der Waals surface area contributed by atoms with Gasteiger partial charge in [0.2, 0.25) is 0 Å². The van der Waals surface area contributed by atoms with E-state index in [9.17, 15) is 0 Å². The molecule has 0 fully saturated rings. The molecular formula is C14H14N2O. The third-order valence-electron chi connectivity index (χ3n) is 2.50. The lowest BCUT2D eigenvalue weighted by Crippen LogP contribution is -1.78. The fourth-order valence-electron chi connectivity index (χ4n) is 1.54. The summed E-state index contributed by atoms with van der Waals surface area (Å²) >= 11 is 0. The van der Waals surface area contributed by atoms with Crippen LogP contribution in [0.3, 0.4) is 0 Å². The van der Waals surface area contributed by atoms with Crippen LogP contribution in [0.15, 0.2) is 58.8 Å². The number of azo groups is 1. The second-order valence-corrected chi connectivity index (χ2v) is 3.70. The molecule has 2 aromatic rings. The fraction of sp³-hybridized carbons (Fsp3) is 0.143. The monoisotopic (exact) mass is 226 g/mol. The molecule has 0 unspecified atom stereocenters. The number of aryl methyl sites for hydroxylation is 1. The van der Waals surface area contributed by atoms with Gasteiger partial charge >= 0.3 is 0 Å². The topological polar surface area (TPSA) is 45.0 Å². The average molecular weight is 226 g/mol. The second-order valence-electron chi connectivity index (χ2n) is 3.70. The first-order chi connectivity index (χ1) is 8.29. The van der Waals surface area contributed by atoms with E-state index in [0.717, 1.165) is 17.8 Å². The Morgan fingerprint density at radius 3 is 2.35 bits per heavy atom. The zero-order valence-corrected chi connectivity index (χ0v) is 9.67. The van der Waals surface area contributed by atoms with Crippen LogP contribution in [0.4, 0.5) is 11.4 Å². The maximum Gasteiger partial charge on any atom is 0.115 e. The zero-order valence-electron chi connectivity index (χ0n) is 9.67. The number of hydrogen-bond donors (Lipinski definition) is 1. The number of benzene rings is 2. The summed E-state index contributed by atoms with van der Waals surface area (Å²) in [5.74, 6) is 0.234. The molecule has 3 heteroatoms. The Morgan fingerprint density at radius 2 is 1.65 bits per heavy atom. The van der Waals surface area contributed by atoms with Gasteiger partial charge in [0.1, 0.15) is 5.75 Å². The first kappa shape index (κ1) is 11.3. The molecule has 0 saturated heterocycles. The van der Waals surface area contributed by atoms with E-state index >= 15 is 0 Å². The smallest absolute Gasteiger partial charge is 0.115 e. The maximum absolute atomic E-state index is 9.15. The summed E-state index contributed by atoms with van der Waals surface area (Å²) in [6, 6.07) is 14.6. The van der Waals surface area contributed by atoms with Crippen molar-refractivity contribution in [1.29, 1.82) is 0 Å². The lowest BCUT2D eigenvalue weighted by molar-refractivity contribution is 0.475. The molecular weight excluding hydrogens is 212 g/mol. The number of aromatic hydroxyl groups is 1. The van der Waals surface area contributed by atoms with Crippen molar-refractivity contribution in [3.8, 4) is 5.75 Å². The summed E-state index contributed by atoms with van der Waals surface area (Å²) in [4.78, 5) is 0. The summed E-state index contributed by atoms with van der Waals surface area (Å²) < 4.78 is 0. The molecule has 3 nitrogen and oxygen atoms in total. The molecule has 0 aliphatic heterocycles. The van der Waals surface area contributed by atoms with Crippen molar-refractivity contribution >= 4 is 11.4 Å². The summed E-state index contributed by atoms with van der Waals surface area (Å²) in [7, 11) is 0. The molecule has 0 saturated carbocycles. The molecule has 0 heterocycles. The number of hydrogen-bond acceptors (Lipinski definition) is 3. The van der Waals surface area contributed by atoms with Crippen LogP contribution in [0.1, 0.15) is 12.5 Å². The molecule has 0 aliphatic rings. The van der Waals surface area contributed by atoms with Gasteiger partial charge in [-0.3, -0.25) is 0 Å². The van der Waals surface area contributed by atoms with Crippen molar-refractivity contribution < 1.29 is 5.11 Å². The van der Waals surface area contributed by atoms with Gasteiger partial charge in [-0.05, 0) is 42.3 Å². The molecule has 0 aromatic heterocycles. The van der Waals surface area contributed by atoms with E-state index in [1.807, 2.05) is 24.3 Å². The Kier molecular flexibility index (Phi) is 3.50. The van der Waals surface area contributed by atoms with Gasteiger partial charge in [-0.1, -0.05) is 25.1 Å². The van der Waals surface area contributed by atoms with Crippen LogP contribution in [-0.2, 0) is 6.42 Å². The first-order valence-electron chi connectivity index (χ1n) is 5.58. The molecule has 0 amide bonds. The van der Waals surface area contributed by atoms with Crippen LogP contribution in [0.2, 0.25) is 0 Å². The van der Waals surface area contributed by atoms with Crippen molar-refractivity contribution in [1.82, 2.24) is 0 Å². The highest BCUT2D eigenvalue weighted by Crippen LogP contribution is 2.23. The van der Waals surface area contributed by atoms with E-state index in [1.165, 1.54) is 5.56 Å². The van der Waals surface area contributed by atoms with Crippen molar-refractivity contribution in [2.75, 3.05) is 0 Å². The number of nitrogens with zero attached hydrogens (tertiary/aromatic N) is 2. The summed E-state index contributed by atoms with van der Waals surface area (Å²) in [5.41, 5.74) is 2.80. The number of phenols is 1. The van der Waals surface area contributed by atoms with Crippen LogP contribution in [0, 0.1) is 0 Å². The van der Waals surface area contributed by atoms with Crippen LogP contribution in [0.25, 0.3) is 0 Å². The zero-order chi connectivity index (χ0) is 12.1. The van der Waals surface area contributed by atoms with Crippen LogP contribution in [0.5, 0.6) is 5.75 Å². The molecule has 17 heavy (non-hydrogen) atoms. The molecule has 2 aromatic carbocycles. The van der Waals surface area contributed by atoms with Crippen molar-refractivity contribution in [3.63, 3.8) is 0 Å². The SMILES string of the molecule is CCc1ccccc1N=Nc1ccc(O)cc1. The third-order valence-corrected chi connectivity index (χ3v) is 2.50. The molecule has 0 atom stereocenters. The molecule has 2 rings (SSSR count). The van der Waals surface area contributed by atoms with Crippen molar-refractivity contribution in [3.05, 3.63) is 54.1 Å². The van der Waals surface area contributed by atoms with E-state index < -0.39 is 0 Å². The van der Waals surface area contributed by atoms with E-state index in [1.54, 1.807) is 24.3 Å². The third kappa shape index (κ3) is 2.91. The Hall–Kier alpha value is -2.16. The van der Waals surface area contributed by atoms with Gasteiger partial charge in [-0.25, -0.2) is 0 Å². The Bertz CT molecular complexity index is 518. The fourth-order valence-corrected chi connectivity index (χ4v) is 1.54. The van der Waals surface area contributed by atoms with Crippen molar-refractivity contribution in [2.45, 2.75) is 13.3 Å². The van der Waals surface area contributed by atoms with Gasteiger partial charge in [0.15, 0.2) is 0 Å². The molecule has 0 aliphatic carbocycles. The predicted molar refractivity (Wildman–Crippen MR) is 68.1 cm³/mol. The predicted octanol–water partition coefficient (Wildman–Crippen LogP) is 4.37. The lowest BCUT2D eigenvalue weighted by atomic mass is 10.1. The normalized spacial score (nSPS) is 10.9. The Labute approximate surface area is 100 Å². The highest BCUT2D eigenvalue weighted by Gasteiger charge is 1.97. The quantitative estimate of drug-likeness (QED) is 0.776. The van der Waals surface area contributed by atoms with Crippen LogP contribution < -0.4 is 0 Å². The molecule has 0 spiro atoms. The largest absolute Gasteiger partial charge is 0.508 e. The maximum atomic E-state index is 9.15. The highest BCUT2D eigenvalue weighted by atomic mass is 16.3. The molecule has 0 radical (unpaired) electrons. The Morgan fingerprint density at radius 1 is 0.941 bits per heavy atom. The minimum absolute atomic E-state index is 0.234. The van der Waals surface area contributed by atoms with Crippen LogP contribution in [-0.4, -0.2) is 5.11 Å². The van der Waals surface area contributed by atoms with Gasteiger partial charge in [-0.2, -0.15) is 10.2 Å². The molecule has 0 bridgehead atoms. The Balaban J connectivity index is 2.22. The summed E-state index contributed by atoms with van der Waals surface area (Å²) in [6.45, 7) is 2.09. The number of phenolic OH excluding ortho intramolecular Hbond substituents is 1. The van der Waals surface area contributed by atoms with Gasteiger partial charge in [0.05, 0.1) is 11.4 Å². The van der Waals surface area contributed by atoms with Gasteiger partial charge in [0.25, 0.3) is 0 Å². The summed E-state index contributed by atoms with van der Waals surface area (Å²) in [6.07, 6.45) is 0.935. The highest BCUT2D eigenvalue weighted by molar-refractivity contribution is 5.46. The van der Waals surface area contributed by atoms with E-state index in [-0.39, 0.29) is 5.75 Å². The minimum Gasteiger partial charge on any atom is -0.508 e. The van der Waals surface area contributed by atoms with E-state index in [0.29, 0.717) is 0 Å². The van der Waals surface area contributed by atoms with E-state index in [4.69, 9.17) is 5.11 Å². The van der Waals surface area contributed by atoms with Gasteiger partial charge < -0.3 is 5.11 Å². The second kappa shape index (κ2) is 5.25. The number of rotatable bonds is 3. The first-order valence-corrected chi connectivity index (χ1v) is 5.58.